The van der Waals surface area contributed by atoms with E-state index >= 15 is 0 Å². The number of anilines is 1. The third-order valence-electron chi connectivity index (χ3n) is 4.74. The lowest BCUT2D eigenvalue weighted by Crippen LogP contribution is -2.36. The molecular weight excluding hydrogens is 438 g/mol. The topological polar surface area (TPSA) is 128 Å². The number of benzene rings is 1. The SMILES string of the molecule is CCOC(=O)N1CCc2c(sc(NC(=O)C=Cc3ccc([N+](=O)[O-])cc3)c2C(=O)OC)C1. The molecule has 2 aromatic rings. The number of hydrogen-bond donors (Lipinski definition) is 1. The molecule has 0 saturated heterocycles. The highest BCUT2D eigenvalue weighted by Gasteiger charge is 2.31. The lowest BCUT2D eigenvalue weighted by atomic mass is 10.0. The molecule has 0 fully saturated rings. The number of carbonyl (C=O) groups excluding carboxylic acids is 3. The highest BCUT2D eigenvalue weighted by atomic mass is 32.1. The summed E-state index contributed by atoms with van der Waals surface area (Å²) in [6.07, 6.45) is 2.78. The second-order valence-corrected chi connectivity index (χ2v) is 7.85. The molecular formula is C21H21N3O7S. The maximum Gasteiger partial charge on any atom is 0.410 e. The van der Waals surface area contributed by atoms with Crippen molar-refractivity contribution >= 4 is 46.1 Å². The van der Waals surface area contributed by atoms with E-state index in [9.17, 15) is 24.5 Å². The van der Waals surface area contributed by atoms with Gasteiger partial charge >= 0.3 is 12.1 Å². The molecule has 3 rings (SSSR count). The summed E-state index contributed by atoms with van der Waals surface area (Å²) in [5.41, 5.74) is 1.59. The Morgan fingerprint density at radius 3 is 2.62 bits per heavy atom. The number of nitro benzene ring substituents is 1. The molecule has 1 N–H and O–H groups in total. The number of ether oxygens (including phenoxy) is 2. The number of methoxy groups -OCH3 is 1. The van der Waals surface area contributed by atoms with Gasteiger partial charge < -0.3 is 19.7 Å². The summed E-state index contributed by atoms with van der Waals surface area (Å²) < 4.78 is 9.94. The van der Waals surface area contributed by atoms with Crippen molar-refractivity contribution in [3.8, 4) is 0 Å². The van der Waals surface area contributed by atoms with Crippen molar-refractivity contribution in [3.63, 3.8) is 0 Å². The van der Waals surface area contributed by atoms with E-state index in [1.54, 1.807) is 11.8 Å². The first-order valence-electron chi connectivity index (χ1n) is 9.72. The van der Waals surface area contributed by atoms with Crippen LogP contribution in [0.5, 0.6) is 0 Å². The van der Waals surface area contributed by atoms with E-state index in [1.165, 1.54) is 54.9 Å². The molecule has 0 atom stereocenters. The zero-order chi connectivity index (χ0) is 23.3. The number of hydrogen-bond acceptors (Lipinski definition) is 8. The Labute approximate surface area is 187 Å². The second kappa shape index (κ2) is 10.1. The third kappa shape index (κ3) is 5.11. The van der Waals surface area contributed by atoms with E-state index in [4.69, 9.17) is 9.47 Å². The van der Waals surface area contributed by atoms with Crippen molar-refractivity contribution < 1.29 is 28.8 Å². The molecule has 168 valence electrons. The Bertz CT molecular complexity index is 1080. The van der Waals surface area contributed by atoms with Gasteiger partial charge in [0, 0.05) is 29.6 Å². The van der Waals surface area contributed by atoms with Gasteiger partial charge in [-0.25, -0.2) is 9.59 Å². The van der Waals surface area contributed by atoms with Gasteiger partial charge in [0.1, 0.15) is 5.00 Å². The van der Waals surface area contributed by atoms with Gasteiger partial charge in [0.05, 0.1) is 30.7 Å². The van der Waals surface area contributed by atoms with Crippen LogP contribution in [0.2, 0.25) is 0 Å². The van der Waals surface area contributed by atoms with E-state index in [0.29, 0.717) is 23.5 Å². The summed E-state index contributed by atoms with van der Waals surface area (Å²) in [6, 6.07) is 5.73. The number of fused-ring (bicyclic) bond motifs is 1. The molecule has 1 aromatic carbocycles. The molecule has 10 nitrogen and oxygen atoms in total. The van der Waals surface area contributed by atoms with Crippen molar-refractivity contribution in [2.24, 2.45) is 0 Å². The number of nitrogens with zero attached hydrogens (tertiary/aromatic N) is 2. The van der Waals surface area contributed by atoms with Crippen LogP contribution in [0.4, 0.5) is 15.5 Å². The Kier molecular flexibility index (Phi) is 7.21. The Balaban J connectivity index is 1.78. The van der Waals surface area contributed by atoms with Crippen molar-refractivity contribution in [2.75, 3.05) is 25.6 Å². The van der Waals surface area contributed by atoms with Gasteiger partial charge in [-0.1, -0.05) is 0 Å². The summed E-state index contributed by atoms with van der Waals surface area (Å²) in [5, 5.41) is 13.8. The molecule has 0 unspecified atom stereocenters. The smallest absolute Gasteiger partial charge is 0.410 e. The van der Waals surface area contributed by atoms with E-state index in [1.807, 2.05) is 0 Å². The maximum atomic E-state index is 12.5. The van der Waals surface area contributed by atoms with Gasteiger partial charge in [-0.15, -0.1) is 11.3 Å². The summed E-state index contributed by atoms with van der Waals surface area (Å²) in [6.45, 7) is 2.66. The average Bonchev–Trinajstić information content (AvgIpc) is 3.14. The molecule has 0 saturated carbocycles. The van der Waals surface area contributed by atoms with E-state index in [2.05, 4.69) is 5.32 Å². The number of esters is 1. The van der Waals surface area contributed by atoms with Crippen LogP contribution in [0.15, 0.2) is 30.3 Å². The first-order chi connectivity index (χ1) is 15.3. The number of non-ortho nitro benzene ring substituents is 1. The first-order valence-corrected chi connectivity index (χ1v) is 10.5. The fraction of sp³-hybridized carbons (Fsp3) is 0.286. The zero-order valence-corrected chi connectivity index (χ0v) is 18.3. The van der Waals surface area contributed by atoms with Crippen LogP contribution < -0.4 is 5.32 Å². The van der Waals surface area contributed by atoms with Crippen LogP contribution >= 0.6 is 11.3 Å². The minimum Gasteiger partial charge on any atom is -0.465 e. The van der Waals surface area contributed by atoms with Gasteiger partial charge in [-0.2, -0.15) is 0 Å². The molecule has 1 aliphatic rings. The molecule has 11 heteroatoms. The normalized spacial score (nSPS) is 12.9. The fourth-order valence-electron chi connectivity index (χ4n) is 3.21. The number of nitro groups is 1. The Hall–Kier alpha value is -3.73. The third-order valence-corrected chi connectivity index (χ3v) is 5.87. The van der Waals surface area contributed by atoms with E-state index < -0.39 is 22.9 Å². The highest BCUT2D eigenvalue weighted by molar-refractivity contribution is 7.17. The lowest BCUT2D eigenvalue weighted by Gasteiger charge is -2.26. The van der Waals surface area contributed by atoms with Crippen LogP contribution in [0.1, 0.15) is 33.3 Å². The molecule has 0 spiro atoms. The fourth-order valence-corrected chi connectivity index (χ4v) is 4.47. The summed E-state index contributed by atoms with van der Waals surface area (Å²) in [5.74, 6) is -1.05. The molecule has 0 aliphatic carbocycles. The molecule has 0 bridgehead atoms. The predicted molar refractivity (Wildman–Crippen MR) is 118 cm³/mol. The Morgan fingerprint density at radius 1 is 1.28 bits per heavy atom. The molecule has 1 aromatic heterocycles. The zero-order valence-electron chi connectivity index (χ0n) is 17.5. The number of carbonyl (C=O) groups is 3. The second-order valence-electron chi connectivity index (χ2n) is 6.74. The van der Waals surface area contributed by atoms with Crippen molar-refractivity contribution in [1.29, 1.82) is 0 Å². The molecule has 1 aliphatic heterocycles. The molecule has 32 heavy (non-hydrogen) atoms. The average molecular weight is 459 g/mol. The quantitative estimate of drug-likeness (QED) is 0.302. The van der Waals surface area contributed by atoms with Gasteiger partial charge in [0.2, 0.25) is 5.91 Å². The van der Waals surface area contributed by atoms with Gasteiger partial charge in [-0.05, 0) is 42.7 Å². The minimum atomic E-state index is -0.568. The summed E-state index contributed by atoms with van der Waals surface area (Å²) in [4.78, 5) is 49.4. The molecule has 2 amide bonds. The predicted octanol–water partition coefficient (Wildman–Crippen LogP) is 3.61. The van der Waals surface area contributed by atoms with Crippen LogP contribution in [0.3, 0.4) is 0 Å². The van der Waals surface area contributed by atoms with Crippen molar-refractivity contribution in [1.82, 2.24) is 4.90 Å². The minimum absolute atomic E-state index is 0.0460. The summed E-state index contributed by atoms with van der Waals surface area (Å²) >= 11 is 1.21. The monoisotopic (exact) mass is 459 g/mol. The lowest BCUT2D eigenvalue weighted by molar-refractivity contribution is -0.384. The summed E-state index contributed by atoms with van der Waals surface area (Å²) in [7, 11) is 1.26. The standard InChI is InChI=1S/C21H21N3O7S/c1-3-31-21(27)23-11-10-15-16(12-23)32-19(18(15)20(26)30-2)22-17(25)9-6-13-4-7-14(8-5-13)24(28)29/h4-9H,3,10-12H2,1-2H3,(H,22,25). The van der Waals surface area contributed by atoms with E-state index in [-0.39, 0.29) is 24.4 Å². The van der Waals surface area contributed by atoms with Gasteiger partial charge in [0.15, 0.2) is 0 Å². The maximum absolute atomic E-state index is 12.5. The molecule has 0 radical (unpaired) electrons. The van der Waals surface area contributed by atoms with Gasteiger partial charge in [-0.3, -0.25) is 14.9 Å². The first kappa shape index (κ1) is 22.9. The van der Waals surface area contributed by atoms with Crippen LogP contribution in [0, 0.1) is 10.1 Å². The number of nitrogens with one attached hydrogen (secondary N) is 1. The number of thiophene rings is 1. The van der Waals surface area contributed by atoms with Gasteiger partial charge in [0.25, 0.3) is 5.69 Å². The van der Waals surface area contributed by atoms with Crippen molar-refractivity contribution in [2.45, 2.75) is 19.9 Å². The highest BCUT2D eigenvalue weighted by Crippen LogP contribution is 2.37. The largest absolute Gasteiger partial charge is 0.465 e. The van der Waals surface area contributed by atoms with E-state index in [0.717, 1.165) is 10.4 Å². The molecule has 2 heterocycles. The Morgan fingerprint density at radius 2 is 2.00 bits per heavy atom. The van der Waals surface area contributed by atoms with Crippen LogP contribution in [0.25, 0.3) is 6.08 Å². The van der Waals surface area contributed by atoms with Crippen molar-refractivity contribution in [3.05, 3.63) is 62.0 Å². The number of rotatable bonds is 6. The number of amides is 2. The van der Waals surface area contributed by atoms with Crippen LogP contribution in [-0.2, 0) is 27.2 Å². The van der Waals surface area contributed by atoms with Crippen LogP contribution in [-0.4, -0.2) is 48.1 Å².